The van der Waals surface area contributed by atoms with Crippen LogP contribution in [-0.2, 0) is 9.53 Å². The van der Waals surface area contributed by atoms with E-state index in [0.717, 1.165) is 0 Å². The third-order valence-corrected chi connectivity index (χ3v) is 2.15. The maximum absolute atomic E-state index is 10.5. The summed E-state index contributed by atoms with van der Waals surface area (Å²) < 4.78 is 6.60. The first kappa shape index (κ1) is 13.7. The van der Waals surface area contributed by atoms with Crippen LogP contribution in [0.1, 0.15) is 0 Å². The monoisotopic (exact) mass is 278 g/mol. The van der Waals surface area contributed by atoms with Gasteiger partial charge in [0.05, 0.1) is 6.61 Å². The Morgan fingerprint density at radius 3 is 2.95 bits per heavy atom. The Labute approximate surface area is 114 Å². The van der Waals surface area contributed by atoms with E-state index in [-0.39, 0.29) is 19.2 Å². The zero-order chi connectivity index (χ0) is 14.4. The largest absolute Gasteiger partial charge is 0.370 e. The summed E-state index contributed by atoms with van der Waals surface area (Å²) in [4.78, 5) is 26.5. The fourth-order valence-corrected chi connectivity index (χ4v) is 1.36. The van der Waals surface area contributed by atoms with E-state index in [9.17, 15) is 4.79 Å². The lowest BCUT2D eigenvalue weighted by atomic mass is 10.6. The molecule has 0 bridgehead atoms. The number of nitrogens with zero attached hydrogens (tertiary/aromatic N) is 5. The molecule has 10 nitrogen and oxygen atoms in total. The molecule has 10 heteroatoms. The van der Waals surface area contributed by atoms with Crippen molar-refractivity contribution in [3.63, 3.8) is 0 Å². The number of imidazole rings is 1. The number of primary amides is 1. The normalized spacial score (nSPS) is 10.4. The van der Waals surface area contributed by atoms with Crippen LogP contribution in [0.15, 0.2) is 18.7 Å². The van der Waals surface area contributed by atoms with Crippen molar-refractivity contribution in [2.45, 2.75) is 0 Å². The molecule has 0 saturated carbocycles. The van der Waals surface area contributed by atoms with E-state index in [2.05, 4.69) is 25.3 Å². The Morgan fingerprint density at radius 1 is 1.40 bits per heavy atom. The minimum atomic E-state index is -0.517. The number of nitrogen functional groups attached to an aromatic ring is 1. The predicted octanol–water partition coefficient (Wildman–Crippen LogP) is -1.45. The molecule has 0 atom stereocenters. The minimum absolute atomic E-state index is 0.0873. The lowest BCUT2D eigenvalue weighted by molar-refractivity contribution is -0.122. The number of hydrogen-bond acceptors (Lipinski definition) is 8. The van der Waals surface area contributed by atoms with Crippen molar-refractivity contribution < 1.29 is 9.53 Å². The zero-order valence-corrected chi connectivity index (χ0v) is 10.6. The summed E-state index contributed by atoms with van der Waals surface area (Å²) in [7, 11) is 0. The average Bonchev–Trinajstić information content (AvgIpc) is 2.91. The van der Waals surface area contributed by atoms with Crippen LogP contribution in [-0.4, -0.2) is 50.2 Å². The summed E-state index contributed by atoms with van der Waals surface area (Å²) in [5.41, 5.74) is 10.5. The van der Waals surface area contributed by atoms with Gasteiger partial charge in [0.25, 0.3) is 0 Å². The topological polar surface area (TPSA) is 147 Å². The van der Waals surface area contributed by atoms with Crippen LogP contribution in [0.2, 0.25) is 0 Å². The van der Waals surface area contributed by atoms with E-state index in [1.807, 2.05) is 0 Å². The summed E-state index contributed by atoms with van der Waals surface area (Å²) in [6.07, 6.45) is 4.84. The van der Waals surface area contributed by atoms with Crippen LogP contribution >= 0.6 is 0 Å². The van der Waals surface area contributed by atoms with Gasteiger partial charge >= 0.3 is 0 Å². The summed E-state index contributed by atoms with van der Waals surface area (Å²) in [5, 5.41) is 2.91. The van der Waals surface area contributed by atoms with Crippen LogP contribution in [0.3, 0.4) is 0 Å². The smallest absolute Gasteiger partial charge is 0.243 e. The number of carbonyl (C=O) groups excluding carboxylic acids is 1. The van der Waals surface area contributed by atoms with Crippen LogP contribution in [0.4, 0.5) is 11.9 Å². The fourth-order valence-electron chi connectivity index (χ4n) is 1.36. The molecule has 0 aliphatic rings. The van der Waals surface area contributed by atoms with Gasteiger partial charge in [-0.3, -0.25) is 9.36 Å². The predicted molar refractivity (Wildman–Crippen MR) is 69.9 cm³/mol. The summed E-state index contributed by atoms with van der Waals surface area (Å²) in [6, 6.07) is 0. The molecular formula is C10H14N8O2. The SMILES string of the molecule is NC(=O)COCCNc1nc(N)nc(-n2ccnc2)n1. The zero-order valence-electron chi connectivity index (χ0n) is 10.6. The van der Waals surface area contributed by atoms with Crippen LogP contribution in [0.25, 0.3) is 5.95 Å². The van der Waals surface area contributed by atoms with Gasteiger partial charge in [0.1, 0.15) is 12.9 Å². The molecule has 0 spiro atoms. The summed E-state index contributed by atoms with van der Waals surface area (Å²) >= 11 is 0. The molecular weight excluding hydrogens is 264 g/mol. The average molecular weight is 278 g/mol. The minimum Gasteiger partial charge on any atom is -0.370 e. The fraction of sp³-hybridized carbons (Fsp3) is 0.300. The lowest BCUT2D eigenvalue weighted by Gasteiger charge is -2.07. The number of hydrogen-bond donors (Lipinski definition) is 3. The number of carbonyl (C=O) groups is 1. The van der Waals surface area contributed by atoms with Crippen molar-refractivity contribution in [3.8, 4) is 5.95 Å². The van der Waals surface area contributed by atoms with E-state index in [1.165, 1.54) is 0 Å². The van der Waals surface area contributed by atoms with E-state index < -0.39 is 5.91 Å². The molecule has 2 aromatic rings. The first-order valence-electron chi connectivity index (χ1n) is 5.75. The van der Waals surface area contributed by atoms with Crippen LogP contribution in [0.5, 0.6) is 0 Å². The molecule has 106 valence electrons. The van der Waals surface area contributed by atoms with Gasteiger partial charge in [-0.1, -0.05) is 0 Å². The Morgan fingerprint density at radius 2 is 2.25 bits per heavy atom. The Hall–Kier alpha value is -2.75. The molecule has 1 amide bonds. The van der Waals surface area contributed by atoms with Gasteiger partial charge in [-0.15, -0.1) is 0 Å². The van der Waals surface area contributed by atoms with Crippen molar-refractivity contribution >= 4 is 17.8 Å². The van der Waals surface area contributed by atoms with Crippen molar-refractivity contribution in [1.29, 1.82) is 0 Å². The number of ether oxygens (including phenoxy) is 1. The Bertz CT molecular complexity index is 571. The Balaban J connectivity index is 1.93. The van der Waals surface area contributed by atoms with E-state index in [4.69, 9.17) is 16.2 Å². The molecule has 0 aromatic carbocycles. The van der Waals surface area contributed by atoms with Crippen molar-refractivity contribution in [1.82, 2.24) is 24.5 Å². The first-order chi connectivity index (χ1) is 9.65. The molecule has 20 heavy (non-hydrogen) atoms. The standard InChI is InChI=1S/C10H14N8O2/c11-7(19)5-20-4-2-14-9-15-8(12)16-10(17-9)18-3-1-13-6-18/h1,3,6H,2,4-5H2,(H2,11,19)(H3,12,14,15,16,17). The highest BCUT2D eigenvalue weighted by atomic mass is 16.5. The molecule has 0 aliphatic carbocycles. The number of aromatic nitrogens is 5. The first-order valence-corrected chi connectivity index (χ1v) is 5.75. The molecule has 2 rings (SSSR count). The van der Waals surface area contributed by atoms with Gasteiger partial charge in [0.15, 0.2) is 0 Å². The molecule has 0 fully saturated rings. The number of anilines is 2. The highest BCUT2D eigenvalue weighted by Gasteiger charge is 2.05. The van der Waals surface area contributed by atoms with E-state index in [1.54, 1.807) is 23.3 Å². The molecule has 5 N–H and O–H groups in total. The van der Waals surface area contributed by atoms with Gasteiger partial charge in [-0.25, -0.2) is 4.98 Å². The second kappa shape index (κ2) is 6.43. The van der Waals surface area contributed by atoms with Gasteiger partial charge in [-0.05, 0) is 0 Å². The summed E-state index contributed by atoms with van der Waals surface area (Å²) in [5.74, 6) is 0.237. The molecule has 0 saturated heterocycles. The van der Waals surface area contributed by atoms with Crippen molar-refractivity contribution in [2.24, 2.45) is 5.73 Å². The van der Waals surface area contributed by atoms with Gasteiger partial charge in [0.2, 0.25) is 23.8 Å². The number of nitrogens with two attached hydrogens (primary N) is 2. The van der Waals surface area contributed by atoms with Gasteiger partial charge in [0, 0.05) is 18.9 Å². The maximum atomic E-state index is 10.5. The van der Waals surface area contributed by atoms with E-state index >= 15 is 0 Å². The molecule has 2 heterocycles. The third-order valence-electron chi connectivity index (χ3n) is 2.15. The molecule has 0 unspecified atom stereocenters. The second-order valence-electron chi connectivity index (χ2n) is 3.73. The number of amides is 1. The highest BCUT2D eigenvalue weighted by Crippen LogP contribution is 2.06. The molecule has 0 radical (unpaired) electrons. The van der Waals surface area contributed by atoms with Gasteiger partial charge < -0.3 is 21.5 Å². The van der Waals surface area contributed by atoms with E-state index in [0.29, 0.717) is 18.4 Å². The molecule has 0 aliphatic heterocycles. The quantitative estimate of drug-likeness (QED) is 0.521. The third kappa shape index (κ3) is 3.88. The van der Waals surface area contributed by atoms with Crippen molar-refractivity contribution in [2.75, 3.05) is 30.8 Å². The highest BCUT2D eigenvalue weighted by molar-refractivity contribution is 5.74. The Kier molecular flexibility index (Phi) is 4.39. The number of rotatable bonds is 7. The van der Waals surface area contributed by atoms with Gasteiger partial charge in [-0.2, -0.15) is 15.0 Å². The number of nitrogens with one attached hydrogen (secondary N) is 1. The maximum Gasteiger partial charge on any atom is 0.243 e. The van der Waals surface area contributed by atoms with Crippen molar-refractivity contribution in [3.05, 3.63) is 18.7 Å². The summed E-state index contributed by atoms with van der Waals surface area (Å²) in [6.45, 7) is 0.566. The lowest BCUT2D eigenvalue weighted by Crippen LogP contribution is -2.21. The van der Waals surface area contributed by atoms with Crippen LogP contribution in [0, 0.1) is 0 Å². The van der Waals surface area contributed by atoms with Crippen LogP contribution < -0.4 is 16.8 Å². The second-order valence-corrected chi connectivity index (χ2v) is 3.73. The molecule has 2 aromatic heterocycles.